The van der Waals surface area contributed by atoms with Crippen LogP contribution in [0.3, 0.4) is 0 Å². The van der Waals surface area contributed by atoms with Gasteiger partial charge in [-0.15, -0.1) is 0 Å². The maximum absolute atomic E-state index is 12.7. The van der Waals surface area contributed by atoms with Crippen molar-refractivity contribution < 1.29 is 0 Å². The second-order valence-corrected chi connectivity index (χ2v) is 7.91. The monoisotopic (exact) mass is 354 g/mol. The number of likely N-dealkylation sites (tertiary alicyclic amines) is 1. The zero-order valence-electron chi connectivity index (χ0n) is 15.8. The summed E-state index contributed by atoms with van der Waals surface area (Å²) in [5.74, 6) is 1.27. The first kappa shape index (κ1) is 17.5. The molecule has 2 fully saturated rings. The van der Waals surface area contributed by atoms with Crippen LogP contribution in [0.2, 0.25) is 0 Å². The van der Waals surface area contributed by atoms with E-state index >= 15 is 0 Å². The molecule has 2 aliphatic rings. The number of aromatic nitrogens is 3. The molecule has 0 amide bonds. The average Bonchev–Trinajstić information content (AvgIpc) is 2.86. The minimum atomic E-state index is -0.0437. The number of hydrogen-bond acceptors (Lipinski definition) is 3. The van der Waals surface area contributed by atoms with E-state index in [0.717, 1.165) is 30.5 Å². The topological polar surface area (TPSA) is 43.1 Å². The molecule has 1 aromatic heterocycles. The molecule has 0 bridgehead atoms. The van der Waals surface area contributed by atoms with Crippen molar-refractivity contribution in [1.29, 1.82) is 0 Å². The van der Waals surface area contributed by atoms with Crippen molar-refractivity contribution in [2.45, 2.75) is 63.3 Å². The summed E-state index contributed by atoms with van der Waals surface area (Å²) in [7, 11) is 1.76. The van der Waals surface area contributed by atoms with Crippen molar-refractivity contribution in [2.24, 2.45) is 7.05 Å². The smallest absolute Gasteiger partial charge is 0.300 e. The Morgan fingerprint density at radius 2 is 1.69 bits per heavy atom. The van der Waals surface area contributed by atoms with Gasteiger partial charge < -0.3 is 0 Å². The van der Waals surface area contributed by atoms with Crippen molar-refractivity contribution in [1.82, 2.24) is 19.2 Å². The Morgan fingerprint density at radius 1 is 0.962 bits per heavy atom. The molecule has 1 aliphatic carbocycles. The summed E-state index contributed by atoms with van der Waals surface area (Å²) in [6, 6.07) is 10.7. The summed E-state index contributed by atoms with van der Waals surface area (Å²) >= 11 is 0. The van der Waals surface area contributed by atoms with Gasteiger partial charge in [0, 0.05) is 25.6 Å². The minimum Gasteiger partial charge on any atom is -0.300 e. The number of nitrogens with zero attached hydrogens (tertiary/aromatic N) is 4. The lowest BCUT2D eigenvalue weighted by molar-refractivity contribution is 0.132. The molecule has 5 heteroatoms. The van der Waals surface area contributed by atoms with Gasteiger partial charge in [-0.2, -0.15) is 5.10 Å². The molecule has 1 atom stereocenters. The maximum atomic E-state index is 12.7. The quantitative estimate of drug-likeness (QED) is 0.793. The van der Waals surface area contributed by atoms with E-state index in [9.17, 15) is 4.79 Å². The molecule has 0 unspecified atom stereocenters. The molecule has 1 saturated heterocycles. The van der Waals surface area contributed by atoms with Crippen LogP contribution in [-0.4, -0.2) is 38.4 Å². The van der Waals surface area contributed by atoms with Gasteiger partial charge in [0.15, 0.2) is 0 Å². The molecule has 26 heavy (non-hydrogen) atoms. The first-order valence-electron chi connectivity index (χ1n) is 10.2. The van der Waals surface area contributed by atoms with Crippen molar-refractivity contribution in [3.8, 4) is 5.69 Å². The fourth-order valence-corrected chi connectivity index (χ4v) is 4.74. The maximum Gasteiger partial charge on any atom is 0.350 e. The Hall–Kier alpha value is -1.88. The number of hydrogen-bond donors (Lipinski definition) is 0. The van der Waals surface area contributed by atoms with Crippen LogP contribution < -0.4 is 5.69 Å². The molecule has 0 radical (unpaired) electrons. The summed E-state index contributed by atoms with van der Waals surface area (Å²) in [6.07, 6.45) is 10.5. The molecule has 4 rings (SSSR count). The summed E-state index contributed by atoms with van der Waals surface area (Å²) < 4.78 is 3.31. The van der Waals surface area contributed by atoms with Gasteiger partial charge in [0.25, 0.3) is 0 Å². The molecule has 2 heterocycles. The highest BCUT2D eigenvalue weighted by molar-refractivity contribution is 5.33. The molecular formula is C21H30N4O. The third-order valence-corrected chi connectivity index (χ3v) is 6.12. The van der Waals surface area contributed by atoms with Gasteiger partial charge in [-0.25, -0.2) is 14.0 Å². The zero-order valence-corrected chi connectivity index (χ0v) is 15.8. The van der Waals surface area contributed by atoms with Gasteiger partial charge in [-0.05, 0) is 44.4 Å². The molecule has 5 nitrogen and oxygen atoms in total. The lowest BCUT2D eigenvalue weighted by atomic mass is 9.94. The fraction of sp³-hybridized carbons (Fsp3) is 0.619. The Labute approximate surface area is 155 Å². The van der Waals surface area contributed by atoms with Crippen molar-refractivity contribution in [3.63, 3.8) is 0 Å². The lowest BCUT2D eigenvalue weighted by Crippen LogP contribution is -2.42. The standard InChI is InChI=1S/C21H30N4O/c1-23-21(26)25(19-13-7-4-8-14-19)20(22-23)17-10-9-15-24(16-17)18-11-5-2-3-6-12-18/h4,7-8,13-14,17-18H,2-3,5-6,9-12,15-16H2,1H3/t17-/m0/s1. The van der Waals surface area contributed by atoms with Gasteiger partial charge in [0.2, 0.25) is 0 Å². The number of rotatable bonds is 3. The summed E-state index contributed by atoms with van der Waals surface area (Å²) in [4.78, 5) is 15.4. The highest BCUT2D eigenvalue weighted by atomic mass is 16.2. The van der Waals surface area contributed by atoms with Crippen LogP contribution in [0.4, 0.5) is 0 Å². The zero-order chi connectivity index (χ0) is 17.9. The highest BCUT2D eigenvalue weighted by Gasteiger charge is 2.30. The SMILES string of the molecule is Cn1nc([C@H]2CCCN(C3CCCCCC3)C2)n(-c2ccccc2)c1=O. The van der Waals surface area contributed by atoms with Crippen LogP contribution in [0.25, 0.3) is 5.69 Å². The van der Waals surface area contributed by atoms with Gasteiger partial charge in [-0.1, -0.05) is 43.9 Å². The molecular weight excluding hydrogens is 324 g/mol. The number of piperidine rings is 1. The molecule has 0 spiro atoms. The van der Waals surface area contributed by atoms with E-state index in [4.69, 9.17) is 0 Å². The van der Waals surface area contributed by atoms with Crippen LogP contribution in [-0.2, 0) is 7.05 Å². The van der Waals surface area contributed by atoms with Crippen molar-refractivity contribution in [2.75, 3.05) is 13.1 Å². The number of para-hydroxylation sites is 1. The molecule has 1 aliphatic heterocycles. The van der Waals surface area contributed by atoms with Gasteiger partial charge in [0.05, 0.1) is 5.69 Å². The van der Waals surface area contributed by atoms with E-state index in [-0.39, 0.29) is 5.69 Å². The fourth-order valence-electron chi connectivity index (χ4n) is 4.74. The second kappa shape index (κ2) is 7.78. The Kier molecular flexibility index (Phi) is 5.25. The van der Waals surface area contributed by atoms with E-state index in [1.54, 1.807) is 7.05 Å². The minimum absolute atomic E-state index is 0.0437. The summed E-state index contributed by atoms with van der Waals surface area (Å²) in [6.45, 7) is 2.23. The highest BCUT2D eigenvalue weighted by Crippen LogP contribution is 2.31. The predicted molar refractivity (Wildman–Crippen MR) is 104 cm³/mol. The third kappa shape index (κ3) is 3.50. The van der Waals surface area contributed by atoms with Crippen LogP contribution in [0.5, 0.6) is 0 Å². The normalized spacial score (nSPS) is 23.0. The summed E-state index contributed by atoms with van der Waals surface area (Å²) in [5.41, 5.74) is 0.880. The first-order valence-corrected chi connectivity index (χ1v) is 10.2. The van der Waals surface area contributed by atoms with Crippen molar-refractivity contribution in [3.05, 3.63) is 46.6 Å². The summed E-state index contributed by atoms with van der Waals surface area (Å²) in [5, 5.41) is 4.65. The molecule has 0 N–H and O–H groups in total. The lowest BCUT2D eigenvalue weighted by Gasteiger charge is -2.37. The van der Waals surface area contributed by atoms with Gasteiger partial charge in [0.1, 0.15) is 5.82 Å². The van der Waals surface area contributed by atoms with Crippen LogP contribution >= 0.6 is 0 Å². The number of benzene rings is 1. The van der Waals surface area contributed by atoms with Crippen LogP contribution in [0.15, 0.2) is 35.1 Å². The Morgan fingerprint density at radius 3 is 2.42 bits per heavy atom. The Bertz CT molecular complexity index is 771. The second-order valence-electron chi connectivity index (χ2n) is 7.91. The Balaban J connectivity index is 1.61. The van der Waals surface area contributed by atoms with Crippen LogP contribution in [0.1, 0.15) is 63.1 Å². The van der Waals surface area contributed by atoms with Crippen LogP contribution in [0, 0.1) is 0 Å². The largest absolute Gasteiger partial charge is 0.350 e. The number of aryl methyl sites for hydroxylation is 1. The van der Waals surface area contributed by atoms with Gasteiger partial charge in [-0.3, -0.25) is 4.90 Å². The predicted octanol–water partition coefficient (Wildman–Crippen LogP) is 3.47. The first-order chi connectivity index (χ1) is 12.7. The van der Waals surface area contributed by atoms with E-state index in [0.29, 0.717) is 5.92 Å². The molecule has 1 aromatic carbocycles. The van der Waals surface area contributed by atoms with E-state index < -0.39 is 0 Å². The van der Waals surface area contributed by atoms with E-state index in [1.165, 1.54) is 56.2 Å². The molecule has 2 aromatic rings. The molecule has 1 saturated carbocycles. The van der Waals surface area contributed by atoms with E-state index in [2.05, 4.69) is 10.00 Å². The van der Waals surface area contributed by atoms with E-state index in [1.807, 2.05) is 34.9 Å². The van der Waals surface area contributed by atoms with Crippen molar-refractivity contribution >= 4 is 0 Å². The van der Waals surface area contributed by atoms with Gasteiger partial charge >= 0.3 is 5.69 Å². The third-order valence-electron chi connectivity index (χ3n) is 6.12. The molecule has 140 valence electrons. The average molecular weight is 354 g/mol.